The van der Waals surface area contributed by atoms with E-state index >= 15 is 0 Å². The van der Waals surface area contributed by atoms with Crippen LogP contribution in [0, 0.1) is 17.8 Å². The lowest BCUT2D eigenvalue weighted by atomic mass is 9.84. The maximum Gasteiger partial charge on any atom is 0.414 e. The molecule has 11 nitrogen and oxygen atoms in total. The van der Waals surface area contributed by atoms with Gasteiger partial charge in [-0.15, -0.1) is 0 Å². The molecule has 2 rings (SSSR count). The SMILES string of the molecule is CCC(CC)C1=NO[C@@H]2[C@H]1[C@H](N=C(NC(=O)OC(C)(C)C)NC(=O)OC(C)(C)C)C[C@@H]2C(=O)OC. The summed E-state index contributed by atoms with van der Waals surface area (Å²) in [5.41, 5.74) is -0.692. The van der Waals surface area contributed by atoms with Crippen molar-refractivity contribution in [2.45, 2.75) is 98.0 Å². The number of carbonyl (C=O) groups is 3. The molecule has 2 aliphatic rings. The number of ether oxygens (including phenoxy) is 3. The number of hydrogen-bond donors (Lipinski definition) is 2. The number of fused-ring (bicyclic) bond motifs is 1. The van der Waals surface area contributed by atoms with Gasteiger partial charge in [-0.3, -0.25) is 15.4 Å². The van der Waals surface area contributed by atoms with Gasteiger partial charge in [-0.05, 0) is 60.8 Å². The first-order chi connectivity index (χ1) is 16.2. The third kappa shape index (κ3) is 7.83. The van der Waals surface area contributed by atoms with Crippen molar-refractivity contribution in [1.82, 2.24) is 10.6 Å². The van der Waals surface area contributed by atoms with Crippen molar-refractivity contribution in [1.29, 1.82) is 0 Å². The average molecular weight is 497 g/mol. The summed E-state index contributed by atoms with van der Waals surface area (Å²) in [6.07, 6.45) is -0.112. The first-order valence-electron chi connectivity index (χ1n) is 12.1. The maximum absolute atomic E-state index is 12.5. The van der Waals surface area contributed by atoms with Crippen molar-refractivity contribution >= 4 is 29.8 Å². The summed E-state index contributed by atoms with van der Waals surface area (Å²) < 4.78 is 15.6. The van der Waals surface area contributed by atoms with Gasteiger partial charge in [0.2, 0.25) is 5.96 Å². The van der Waals surface area contributed by atoms with Crippen molar-refractivity contribution in [2.75, 3.05) is 7.11 Å². The maximum atomic E-state index is 12.5. The normalized spacial score (nSPS) is 23.5. The zero-order valence-electron chi connectivity index (χ0n) is 22.3. The molecule has 1 heterocycles. The van der Waals surface area contributed by atoms with E-state index in [-0.39, 0.29) is 17.8 Å². The number of hydrogen-bond acceptors (Lipinski definition) is 9. The van der Waals surface area contributed by atoms with E-state index in [0.29, 0.717) is 6.42 Å². The zero-order chi connectivity index (χ0) is 26.6. The number of nitrogens with one attached hydrogen (secondary N) is 2. The molecule has 0 unspecified atom stereocenters. The van der Waals surface area contributed by atoms with Gasteiger partial charge in [-0.25, -0.2) is 14.6 Å². The number of esters is 1. The van der Waals surface area contributed by atoms with Gasteiger partial charge in [0, 0.05) is 5.92 Å². The highest BCUT2D eigenvalue weighted by Gasteiger charge is 2.55. The monoisotopic (exact) mass is 496 g/mol. The van der Waals surface area contributed by atoms with Crippen LogP contribution in [0.25, 0.3) is 0 Å². The number of alkyl carbamates (subject to hydrolysis) is 2. The first kappa shape index (κ1) is 28.4. The molecule has 2 amide bonds. The molecule has 35 heavy (non-hydrogen) atoms. The van der Waals surface area contributed by atoms with Crippen LogP contribution < -0.4 is 10.6 Å². The van der Waals surface area contributed by atoms with Crippen LogP contribution >= 0.6 is 0 Å². The Bertz CT molecular complexity index is 821. The number of methoxy groups -OCH3 is 1. The van der Waals surface area contributed by atoms with Crippen LogP contribution in [0.15, 0.2) is 10.1 Å². The van der Waals surface area contributed by atoms with Crippen LogP contribution in [-0.2, 0) is 23.8 Å². The number of guanidine groups is 1. The van der Waals surface area contributed by atoms with Gasteiger partial charge >= 0.3 is 18.2 Å². The lowest BCUT2D eigenvalue weighted by Crippen LogP contribution is -2.48. The van der Waals surface area contributed by atoms with Crippen LogP contribution in [0.5, 0.6) is 0 Å². The topological polar surface area (TPSA) is 137 Å². The minimum Gasteiger partial charge on any atom is -0.469 e. The first-order valence-corrected chi connectivity index (χ1v) is 12.1. The van der Waals surface area contributed by atoms with Crippen molar-refractivity contribution < 1.29 is 33.4 Å². The van der Waals surface area contributed by atoms with E-state index in [2.05, 4.69) is 34.6 Å². The van der Waals surface area contributed by atoms with Crippen molar-refractivity contribution in [3.8, 4) is 0 Å². The molecule has 0 radical (unpaired) electrons. The van der Waals surface area contributed by atoms with E-state index in [0.717, 1.165) is 18.6 Å². The molecule has 1 aliphatic carbocycles. The van der Waals surface area contributed by atoms with E-state index < -0.39 is 47.4 Å². The summed E-state index contributed by atoms with van der Waals surface area (Å²) in [4.78, 5) is 47.8. The Morgan fingerprint density at radius 2 is 1.54 bits per heavy atom. The number of aliphatic imine (C=N–C) groups is 1. The predicted molar refractivity (Wildman–Crippen MR) is 130 cm³/mol. The Hall–Kier alpha value is -2.85. The Kier molecular flexibility index (Phi) is 9.13. The van der Waals surface area contributed by atoms with Crippen LogP contribution in [0.2, 0.25) is 0 Å². The number of oxime groups is 1. The second-order valence-corrected chi connectivity index (χ2v) is 10.8. The summed E-state index contributed by atoms with van der Waals surface area (Å²) in [7, 11) is 1.32. The number of nitrogens with zero attached hydrogens (tertiary/aromatic N) is 2. The molecule has 1 fully saturated rings. The third-order valence-electron chi connectivity index (χ3n) is 5.72. The number of amides is 2. The third-order valence-corrected chi connectivity index (χ3v) is 5.72. The molecule has 0 saturated heterocycles. The average Bonchev–Trinajstić information content (AvgIpc) is 3.27. The van der Waals surface area contributed by atoms with E-state index in [9.17, 15) is 14.4 Å². The van der Waals surface area contributed by atoms with Crippen LogP contribution in [0.4, 0.5) is 9.59 Å². The summed E-state index contributed by atoms with van der Waals surface area (Å²) in [5.74, 6) is -1.29. The molecular formula is C24H40N4O7. The Morgan fingerprint density at radius 3 is 1.97 bits per heavy atom. The standard InChI is InChI=1S/C24H40N4O7/c1-10-13(11-2)17-16-15(12-14(19(29)32-9)18(16)35-28-17)25-20(26-21(30)33-23(3,4)5)27-22(31)34-24(6,7)8/h13-16,18H,10-12H2,1-9H3,(H2,25,26,27,30,31)/t14-,15+,16-,18-/m0/s1. The van der Waals surface area contributed by atoms with Gasteiger partial charge in [0.1, 0.15) is 11.2 Å². The van der Waals surface area contributed by atoms with Crippen molar-refractivity contribution in [3.05, 3.63) is 0 Å². The summed E-state index contributed by atoms with van der Waals surface area (Å²) in [6.45, 7) is 14.5. The molecule has 198 valence electrons. The van der Waals surface area contributed by atoms with Gasteiger partial charge in [0.15, 0.2) is 6.10 Å². The fraction of sp³-hybridized carbons (Fsp3) is 0.792. The molecule has 11 heteroatoms. The highest BCUT2D eigenvalue weighted by molar-refractivity contribution is 6.02. The molecule has 2 N–H and O–H groups in total. The molecule has 0 aromatic heterocycles. The highest BCUT2D eigenvalue weighted by atomic mass is 16.6. The fourth-order valence-corrected chi connectivity index (χ4v) is 4.33. The van der Waals surface area contributed by atoms with Crippen LogP contribution in [0.3, 0.4) is 0 Å². The Labute approximate surface area is 207 Å². The summed E-state index contributed by atoms with van der Waals surface area (Å²) in [6, 6.07) is -0.508. The van der Waals surface area contributed by atoms with Crippen LogP contribution in [-0.4, -0.2) is 60.3 Å². The fourth-order valence-electron chi connectivity index (χ4n) is 4.33. The number of carbonyl (C=O) groups excluding carboxylic acids is 3. The van der Waals surface area contributed by atoms with Gasteiger partial charge < -0.3 is 19.0 Å². The predicted octanol–water partition coefficient (Wildman–Crippen LogP) is 3.76. The van der Waals surface area contributed by atoms with Crippen LogP contribution in [0.1, 0.15) is 74.7 Å². The van der Waals surface area contributed by atoms with Crippen molar-refractivity contribution in [2.24, 2.45) is 27.9 Å². The number of rotatable bonds is 5. The zero-order valence-corrected chi connectivity index (χ0v) is 22.3. The summed E-state index contributed by atoms with van der Waals surface area (Å²) in [5, 5.41) is 9.34. The molecule has 0 aromatic carbocycles. The lowest BCUT2D eigenvalue weighted by molar-refractivity contribution is -0.149. The van der Waals surface area contributed by atoms with E-state index in [1.165, 1.54) is 7.11 Å². The smallest absolute Gasteiger partial charge is 0.414 e. The molecule has 4 atom stereocenters. The molecule has 0 aromatic rings. The quantitative estimate of drug-likeness (QED) is 0.256. The van der Waals surface area contributed by atoms with Gasteiger partial charge in [0.05, 0.1) is 30.7 Å². The molecule has 0 spiro atoms. The summed E-state index contributed by atoms with van der Waals surface area (Å²) >= 11 is 0. The molecular weight excluding hydrogens is 456 g/mol. The van der Waals surface area contributed by atoms with E-state index in [1.54, 1.807) is 41.5 Å². The van der Waals surface area contributed by atoms with Crippen molar-refractivity contribution in [3.63, 3.8) is 0 Å². The van der Waals surface area contributed by atoms with Gasteiger partial charge in [-0.1, -0.05) is 19.0 Å². The minimum atomic E-state index is -0.789. The lowest BCUT2D eigenvalue weighted by Gasteiger charge is -2.24. The molecule has 1 saturated carbocycles. The second kappa shape index (κ2) is 11.3. The second-order valence-electron chi connectivity index (χ2n) is 10.8. The van der Waals surface area contributed by atoms with E-state index in [4.69, 9.17) is 19.0 Å². The van der Waals surface area contributed by atoms with E-state index in [1.807, 2.05) is 0 Å². The highest BCUT2D eigenvalue weighted by Crippen LogP contribution is 2.43. The van der Waals surface area contributed by atoms with Gasteiger partial charge in [-0.2, -0.15) is 0 Å². The minimum absolute atomic E-state index is 0.140. The molecule has 1 aliphatic heterocycles. The Morgan fingerprint density at radius 1 is 1.03 bits per heavy atom. The Balaban J connectivity index is 2.40. The largest absolute Gasteiger partial charge is 0.469 e. The van der Waals surface area contributed by atoms with Gasteiger partial charge in [0.25, 0.3) is 0 Å². The molecule has 0 bridgehead atoms.